The molecule has 6 heteroatoms. The van der Waals surface area contributed by atoms with Gasteiger partial charge in [-0.2, -0.15) is 0 Å². The van der Waals surface area contributed by atoms with E-state index in [0.29, 0.717) is 12.1 Å². The molecule has 1 saturated heterocycles. The van der Waals surface area contributed by atoms with Crippen LogP contribution in [-0.2, 0) is 11.2 Å². The molecular formula is C19H31ClN4O. The molecular weight excluding hydrogens is 336 g/mol. The van der Waals surface area contributed by atoms with Crippen LogP contribution >= 0.6 is 11.6 Å². The topological polar surface area (TPSA) is 48.9 Å². The molecule has 1 aromatic carbocycles. The summed E-state index contributed by atoms with van der Waals surface area (Å²) in [4.78, 5) is 7.24. The van der Waals surface area contributed by atoms with E-state index in [9.17, 15) is 0 Å². The van der Waals surface area contributed by atoms with Crippen molar-refractivity contribution in [2.45, 2.75) is 39.3 Å². The van der Waals surface area contributed by atoms with Gasteiger partial charge in [-0.3, -0.25) is 9.89 Å². The van der Waals surface area contributed by atoms with Crippen LogP contribution in [0.3, 0.4) is 0 Å². The fourth-order valence-corrected chi connectivity index (χ4v) is 3.17. The quantitative estimate of drug-likeness (QED) is 0.575. The Hall–Kier alpha value is -1.30. The van der Waals surface area contributed by atoms with Crippen LogP contribution in [-0.4, -0.2) is 62.3 Å². The van der Waals surface area contributed by atoms with Crippen molar-refractivity contribution in [3.05, 3.63) is 34.9 Å². The summed E-state index contributed by atoms with van der Waals surface area (Å²) in [5, 5.41) is 7.51. The molecule has 2 N–H and O–H groups in total. The number of nitrogens with one attached hydrogen (secondary N) is 2. The first-order chi connectivity index (χ1) is 12.1. The molecule has 2 unspecified atom stereocenters. The fraction of sp³-hybridized carbons (Fsp3) is 0.632. The molecule has 2 atom stereocenters. The molecule has 0 aromatic heterocycles. The normalized spacial score (nSPS) is 20.3. The highest BCUT2D eigenvalue weighted by Gasteiger charge is 2.23. The summed E-state index contributed by atoms with van der Waals surface area (Å²) in [5.74, 6) is 0.879. The number of guanidine groups is 1. The molecule has 0 aliphatic carbocycles. The zero-order valence-corrected chi connectivity index (χ0v) is 16.4. The molecule has 0 radical (unpaired) electrons. The first kappa shape index (κ1) is 20.0. The van der Waals surface area contributed by atoms with E-state index in [-0.39, 0.29) is 0 Å². The van der Waals surface area contributed by atoms with E-state index >= 15 is 0 Å². The van der Waals surface area contributed by atoms with E-state index in [1.165, 1.54) is 5.56 Å². The van der Waals surface area contributed by atoms with Crippen molar-refractivity contribution < 1.29 is 4.74 Å². The Kier molecular flexibility index (Phi) is 8.52. The first-order valence-corrected chi connectivity index (χ1v) is 9.58. The van der Waals surface area contributed by atoms with Crippen LogP contribution in [0.1, 0.15) is 26.3 Å². The predicted octanol–water partition coefficient (Wildman–Crippen LogP) is 2.55. The molecule has 1 heterocycles. The Morgan fingerprint density at radius 2 is 2.12 bits per heavy atom. The third-order valence-electron chi connectivity index (χ3n) is 4.46. The summed E-state index contributed by atoms with van der Waals surface area (Å²) in [6, 6.07) is 8.86. The van der Waals surface area contributed by atoms with Crippen molar-refractivity contribution in [2.24, 2.45) is 4.99 Å². The smallest absolute Gasteiger partial charge is 0.191 e. The van der Waals surface area contributed by atoms with Gasteiger partial charge in [0.15, 0.2) is 5.96 Å². The van der Waals surface area contributed by atoms with Crippen molar-refractivity contribution in [1.29, 1.82) is 0 Å². The van der Waals surface area contributed by atoms with E-state index in [2.05, 4.69) is 48.4 Å². The lowest BCUT2D eigenvalue weighted by molar-refractivity contribution is -0.0165. The Balaban J connectivity index is 1.81. The molecule has 1 aromatic rings. The molecule has 0 saturated carbocycles. The minimum atomic E-state index is 0.408. The second kappa shape index (κ2) is 10.6. The molecule has 140 valence electrons. The predicted molar refractivity (Wildman–Crippen MR) is 106 cm³/mol. The van der Waals surface area contributed by atoms with Crippen LogP contribution in [0.15, 0.2) is 29.3 Å². The lowest BCUT2D eigenvalue weighted by atomic mass is 10.1. The number of rotatable bonds is 7. The average Bonchev–Trinajstić information content (AvgIpc) is 2.61. The second-order valence-corrected chi connectivity index (χ2v) is 6.97. The van der Waals surface area contributed by atoms with Crippen molar-refractivity contribution in [2.75, 3.05) is 39.4 Å². The third-order valence-corrected chi connectivity index (χ3v) is 4.71. The highest BCUT2D eigenvalue weighted by atomic mass is 35.5. The van der Waals surface area contributed by atoms with Gasteiger partial charge in [0.1, 0.15) is 0 Å². The third kappa shape index (κ3) is 6.84. The monoisotopic (exact) mass is 366 g/mol. The molecule has 1 aliphatic rings. The number of hydrogen-bond donors (Lipinski definition) is 2. The number of benzene rings is 1. The van der Waals surface area contributed by atoms with Crippen molar-refractivity contribution >= 4 is 17.6 Å². The SMILES string of the molecule is CCNC(=NCC(C)N1CCOCC1C)NCCc1ccc(Cl)cc1. The molecule has 1 fully saturated rings. The average molecular weight is 367 g/mol. The Morgan fingerprint density at radius 1 is 1.36 bits per heavy atom. The molecule has 5 nitrogen and oxygen atoms in total. The van der Waals surface area contributed by atoms with E-state index < -0.39 is 0 Å². The minimum Gasteiger partial charge on any atom is -0.379 e. The molecule has 1 aliphatic heterocycles. The summed E-state index contributed by atoms with van der Waals surface area (Å²) in [6.45, 7) is 11.6. The van der Waals surface area contributed by atoms with Crippen molar-refractivity contribution in [3.63, 3.8) is 0 Å². The minimum absolute atomic E-state index is 0.408. The fourth-order valence-electron chi connectivity index (χ4n) is 3.04. The van der Waals surface area contributed by atoms with E-state index in [1.54, 1.807) is 0 Å². The summed E-state index contributed by atoms with van der Waals surface area (Å²) in [7, 11) is 0. The van der Waals surface area contributed by atoms with E-state index in [0.717, 1.165) is 56.8 Å². The van der Waals surface area contributed by atoms with Gasteiger partial charge in [0.2, 0.25) is 0 Å². The maximum Gasteiger partial charge on any atom is 0.191 e. The summed E-state index contributed by atoms with van der Waals surface area (Å²) in [6.07, 6.45) is 0.942. The Labute approximate surface area is 156 Å². The number of hydrogen-bond acceptors (Lipinski definition) is 3. The zero-order chi connectivity index (χ0) is 18.1. The lowest BCUT2D eigenvalue weighted by Gasteiger charge is -2.37. The van der Waals surface area contributed by atoms with Crippen LogP contribution in [0.4, 0.5) is 0 Å². The number of aliphatic imine (C=N–C) groups is 1. The summed E-state index contributed by atoms with van der Waals surface area (Å²) in [5.41, 5.74) is 1.27. The number of halogens is 1. The number of nitrogens with zero attached hydrogens (tertiary/aromatic N) is 2. The summed E-state index contributed by atoms with van der Waals surface area (Å²) < 4.78 is 5.52. The Bertz CT molecular complexity index is 535. The van der Waals surface area contributed by atoms with E-state index in [4.69, 9.17) is 21.3 Å². The first-order valence-electron chi connectivity index (χ1n) is 9.20. The molecule has 0 amide bonds. The van der Waals surface area contributed by atoms with Gasteiger partial charge in [-0.15, -0.1) is 0 Å². The van der Waals surface area contributed by atoms with E-state index in [1.807, 2.05) is 12.1 Å². The summed E-state index contributed by atoms with van der Waals surface area (Å²) >= 11 is 5.93. The Morgan fingerprint density at radius 3 is 2.80 bits per heavy atom. The van der Waals surface area contributed by atoms with Crippen LogP contribution in [0.25, 0.3) is 0 Å². The largest absolute Gasteiger partial charge is 0.379 e. The number of morpholine rings is 1. The van der Waals surface area contributed by atoms with Crippen LogP contribution < -0.4 is 10.6 Å². The maximum atomic E-state index is 5.93. The highest BCUT2D eigenvalue weighted by Crippen LogP contribution is 2.11. The number of ether oxygens (including phenoxy) is 1. The second-order valence-electron chi connectivity index (χ2n) is 6.53. The van der Waals surface area contributed by atoms with Gasteiger partial charge >= 0.3 is 0 Å². The van der Waals surface area contributed by atoms with Gasteiger partial charge in [-0.05, 0) is 44.9 Å². The standard InChI is InChI=1S/C19H31ClN4O/c1-4-21-19(22-10-9-17-5-7-18(20)8-6-17)23-13-15(2)24-11-12-25-14-16(24)3/h5-8,15-16H,4,9-14H2,1-3H3,(H2,21,22,23). The van der Waals surface area contributed by atoms with Gasteiger partial charge in [0, 0.05) is 36.7 Å². The molecule has 25 heavy (non-hydrogen) atoms. The van der Waals surface area contributed by atoms with Crippen LogP contribution in [0, 0.1) is 0 Å². The maximum absolute atomic E-state index is 5.93. The van der Waals surface area contributed by atoms with Gasteiger partial charge < -0.3 is 15.4 Å². The van der Waals surface area contributed by atoms with Crippen molar-refractivity contribution in [1.82, 2.24) is 15.5 Å². The lowest BCUT2D eigenvalue weighted by Crippen LogP contribution is -2.49. The van der Waals surface area contributed by atoms with Gasteiger partial charge in [-0.25, -0.2) is 0 Å². The van der Waals surface area contributed by atoms with Gasteiger partial charge in [-0.1, -0.05) is 23.7 Å². The van der Waals surface area contributed by atoms with Crippen LogP contribution in [0.5, 0.6) is 0 Å². The van der Waals surface area contributed by atoms with Crippen LogP contribution in [0.2, 0.25) is 5.02 Å². The molecule has 0 bridgehead atoms. The van der Waals surface area contributed by atoms with Gasteiger partial charge in [0.25, 0.3) is 0 Å². The van der Waals surface area contributed by atoms with Gasteiger partial charge in [0.05, 0.1) is 19.8 Å². The molecule has 2 rings (SSSR count). The zero-order valence-electron chi connectivity index (χ0n) is 15.6. The van der Waals surface area contributed by atoms with Crippen molar-refractivity contribution in [3.8, 4) is 0 Å². The molecule has 0 spiro atoms. The highest BCUT2D eigenvalue weighted by molar-refractivity contribution is 6.30.